The van der Waals surface area contributed by atoms with Crippen LogP contribution in [0.3, 0.4) is 0 Å². The maximum Gasteiger partial charge on any atom is 0.224 e. The second-order valence-electron chi connectivity index (χ2n) is 5.97. The van der Waals surface area contributed by atoms with Crippen molar-refractivity contribution in [2.45, 2.75) is 25.4 Å². The van der Waals surface area contributed by atoms with E-state index in [4.69, 9.17) is 9.47 Å². The molecule has 126 valence electrons. The fraction of sp³-hybridized carbons (Fsp3) is 0.588. The predicted octanol–water partition coefficient (Wildman–Crippen LogP) is 1.68. The van der Waals surface area contributed by atoms with Crippen LogP contribution in [0.25, 0.3) is 0 Å². The lowest BCUT2D eigenvalue weighted by molar-refractivity contribution is -0.132. The predicted molar refractivity (Wildman–Crippen MR) is 92.4 cm³/mol. The molecule has 1 atom stereocenters. The van der Waals surface area contributed by atoms with Crippen molar-refractivity contribution in [1.82, 2.24) is 10.2 Å². The van der Waals surface area contributed by atoms with Gasteiger partial charge in [-0.1, -0.05) is 0 Å². The lowest BCUT2D eigenvalue weighted by atomic mass is 9.98. The monoisotopic (exact) mass is 336 g/mol. The summed E-state index contributed by atoms with van der Waals surface area (Å²) in [5, 5.41) is 3.44. The van der Waals surface area contributed by atoms with Gasteiger partial charge >= 0.3 is 0 Å². The van der Waals surface area contributed by atoms with Crippen molar-refractivity contribution in [3.05, 3.63) is 23.3 Å². The van der Waals surface area contributed by atoms with Crippen molar-refractivity contribution in [1.29, 1.82) is 0 Å². The summed E-state index contributed by atoms with van der Waals surface area (Å²) >= 11 is 1.93. The lowest BCUT2D eigenvalue weighted by Gasteiger charge is -2.31. The zero-order valence-electron chi connectivity index (χ0n) is 13.8. The number of methoxy groups -OCH3 is 2. The molecule has 0 spiro atoms. The fourth-order valence-corrected chi connectivity index (χ4v) is 4.14. The topological polar surface area (TPSA) is 50.8 Å². The van der Waals surface area contributed by atoms with Crippen LogP contribution in [0.4, 0.5) is 0 Å². The van der Waals surface area contributed by atoms with Crippen molar-refractivity contribution in [3.63, 3.8) is 0 Å². The lowest BCUT2D eigenvalue weighted by Crippen LogP contribution is -2.43. The summed E-state index contributed by atoms with van der Waals surface area (Å²) in [5.74, 6) is 3.90. The van der Waals surface area contributed by atoms with Gasteiger partial charge in [-0.3, -0.25) is 4.79 Å². The highest BCUT2D eigenvalue weighted by Crippen LogP contribution is 2.33. The average Bonchev–Trinajstić information content (AvgIpc) is 2.60. The van der Waals surface area contributed by atoms with Gasteiger partial charge in [0.25, 0.3) is 0 Å². The van der Waals surface area contributed by atoms with Gasteiger partial charge in [0.1, 0.15) is 0 Å². The van der Waals surface area contributed by atoms with Crippen LogP contribution in [0, 0.1) is 0 Å². The van der Waals surface area contributed by atoms with E-state index in [0.717, 1.165) is 48.1 Å². The molecule has 6 heteroatoms. The number of rotatable bonds is 4. The summed E-state index contributed by atoms with van der Waals surface area (Å²) in [6.07, 6.45) is 1.46. The van der Waals surface area contributed by atoms with Crippen LogP contribution in [0.5, 0.6) is 11.5 Å². The van der Waals surface area contributed by atoms with Gasteiger partial charge < -0.3 is 19.7 Å². The van der Waals surface area contributed by atoms with Gasteiger partial charge in [-0.25, -0.2) is 0 Å². The number of carbonyl (C=O) groups is 1. The molecule has 1 aromatic carbocycles. The van der Waals surface area contributed by atoms with Gasteiger partial charge in [-0.2, -0.15) is 11.8 Å². The Morgan fingerprint density at radius 2 is 2.04 bits per heavy atom. The Bertz CT molecular complexity index is 573. The first kappa shape index (κ1) is 16.5. The van der Waals surface area contributed by atoms with E-state index in [-0.39, 0.29) is 5.91 Å². The number of nitrogens with one attached hydrogen (secondary N) is 1. The summed E-state index contributed by atoms with van der Waals surface area (Å²) in [4.78, 5) is 14.5. The summed E-state index contributed by atoms with van der Waals surface area (Å²) in [5.41, 5.74) is 2.41. The Morgan fingerprint density at radius 3 is 2.70 bits per heavy atom. The third-order valence-electron chi connectivity index (χ3n) is 4.49. The zero-order chi connectivity index (χ0) is 16.2. The van der Waals surface area contributed by atoms with Gasteiger partial charge in [0.2, 0.25) is 5.91 Å². The molecule has 0 bridgehead atoms. The highest BCUT2D eigenvalue weighted by molar-refractivity contribution is 7.99. The van der Waals surface area contributed by atoms with Crippen LogP contribution in [0.2, 0.25) is 0 Å². The first-order valence-corrected chi connectivity index (χ1v) is 9.19. The molecule has 1 unspecified atom stereocenters. The largest absolute Gasteiger partial charge is 0.493 e. The summed E-state index contributed by atoms with van der Waals surface area (Å²) in [7, 11) is 3.29. The quantitative estimate of drug-likeness (QED) is 0.907. The number of nitrogens with zero attached hydrogens (tertiary/aromatic N) is 1. The highest BCUT2D eigenvalue weighted by atomic mass is 32.2. The minimum Gasteiger partial charge on any atom is -0.493 e. The van der Waals surface area contributed by atoms with Crippen molar-refractivity contribution in [3.8, 4) is 11.5 Å². The smallest absolute Gasteiger partial charge is 0.224 e. The van der Waals surface area contributed by atoms with E-state index in [2.05, 4.69) is 5.32 Å². The molecule has 2 aliphatic rings. The highest BCUT2D eigenvalue weighted by Gasteiger charge is 2.25. The van der Waals surface area contributed by atoms with Crippen LogP contribution in [-0.4, -0.2) is 55.7 Å². The minimum atomic E-state index is 0.241. The van der Waals surface area contributed by atoms with Crippen molar-refractivity contribution >= 4 is 17.7 Å². The number of benzene rings is 1. The molecule has 1 fully saturated rings. The number of ether oxygens (including phenoxy) is 2. The van der Waals surface area contributed by atoms with E-state index in [1.807, 2.05) is 28.8 Å². The number of hydrogen-bond acceptors (Lipinski definition) is 5. The Labute approximate surface area is 141 Å². The molecule has 1 saturated heterocycles. The number of carbonyl (C=O) groups excluding carboxylic acids is 1. The molecular formula is C17H24N2O3S. The third kappa shape index (κ3) is 3.75. The Morgan fingerprint density at radius 1 is 1.30 bits per heavy atom. The zero-order valence-corrected chi connectivity index (χ0v) is 14.6. The fourth-order valence-electron chi connectivity index (χ4n) is 3.19. The first-order chi connectivity index (χ1) is 11.2. The van der Waals surface area contributed by atoms with Gasteiger partial charge in [-0.05, 0) is 29.7 Å². The number of amides is 1. The molecule has 1 amide bonds. The average molecular weight is 336 g/mol. The molecule has 23 heavy (non-hydrogen) atoms. The van der Waals surface area contributed by atoms with E-state index in [0.29, 0.717) is 19.0 Å². The van der Waals surface area contributed by atoms with E-state index in [9.17, 15) is 4.79 Å². The van der Waals surface area contributed by atoms with Crippen molar-refractivity contribution < 1.29 is 14.3 Å². The Kier molecular flexibility index (Phi) is 5.33. The van der Waals surface area contributed by atoms with Gasteiger partial charge in [0, 0.05) is 43.6 Å². The maximum absolute atomic E-state index is 12.6. The van der Waals surface area contributed by atoms with E-state index < -0.39 is 0 Å². The summed E-state index contributed by atoms with van der Waals surface area (Å²) < 4.78 is 10.7. The normalized spacial score (nSPS) is 20.8. The van der Waals surface area contributed by atoms with Crippen LogP contribution in [0.1, 0.15) is 17.5 Å². The summed E-state index contributed by atoms with van der Waals surface area (Å²) in [6, 6.07) is 4.35. The molecule has 2 heterocycles. The number of fused-ring (bicyclic) bond motifs is 1. The number of hydrogen-bond donors (Lipinski definition) is 1. The van der Waals surface area contributed by atoms with E-state index in [1.54, 1.807) is 14.2 Å². The van der Waals surface area contributed by atoms with Crippen LogP contribution >= 0.6 is 11.8 Å². The maximum atomic E-state index is 12.6. The SMILES string of the molecule is COc1cc2c(cc1OC)CN(C(=O)CC1CSCCN1)CC2. The van der Waals surface area contributed by atoms with E-state index >= 15 is 0 Å². The van der Waals surface area contributed by atoms with Gasteiger partial charge in [-0.15, -0.1) is 0 Å². The number of thioether (sulfide) groups is 1. The second kappa shape index (κ2) is 7.45. The first-order valence-electron chi connectivity index (χ1n) is 8.04. The molecule has 2 aliphatic heterocycles. The third-order valence-corrected chi connectivity index (χ3v) is 5.62. The van der Waals surface area contributed by atoms with Gasteiger partial charge in [0.15, 0.2) is 11.5 Å². The van der Waals surface area contributed by atoms with Crippen molar-refractivity contribution in [2.75, 3.05) is 38.8 Å². The van der Waals surface area contributed by atoms with Gasteiger partial charge in [0.05, 0.1) is 14.2 Å². The molecule has 1 aromatic rings. The molecule has 1 N–H and O–H groups in total. The molecule has 0 aromatic heterocycles. The Hall–Kier alpha value is -1.40. The second-order valence-corrected chi connectivity index (χ2v) is 7.12. The molecule has 5 nitrogen and oxygen atoms in total. The molecule has 0 radical (unpaired) electrons. The molecule has 0 aliphatic carbocycles. The van der Waals surface area contributed by atoms with E-state index in [1.165, 1.54) is 5.56 Å². The molecule has 3 rings (SSSR count). The standard InChI is InChI=1S/C17H24N2O3S/c1-21-15-7-12-3-5-19(10-13(12)8-16(15)22-2)17(20)9-14-11-23-6-4-18-14/h7-8,14,18H,3-6,9-11H2,1-2H3. The summed E-state index contributed by atoms with van der Waals surface area (Å²) in [6.45, 7) is 2.44. The minimum absolute atomic E-state index is 0.241. The molecular weight excluding hydrogens is 312 g/mol. The van der Waals surface area contributed by atoms with Crippen LogP contribution in [0.15, 0.2) is 12.1 Å². The van der Waals surface area contributed by atoms with Crippen molar-refractivity contribution in [2.24, 2.45) is 0 Å². The Balaban J connectivity index is 1.68. The van der Waals surface area contributed by atoms with Crippen LogP contribution in [-0.2, 0) is 17.8 Å². The molecule has 0 saturated carbocycles. The van der Waals surface area contributed by atoms with Crippen LogP contribution < -0.4 is 14.8 Å².